The van der Waals surface area contributed by atoms with E-state index in [1.54, 1.807) is 51.8 Å². The highest BCUT2D eigenvalue weighted by atomic mass is 16.6. The van der Waals surface area contributed by atoms with Crippen LogP contribution in [0.1, 0.15) is 33.4 Å². The SMILES string of the molecule is CN(C(=O)OC(C)(C)C)C(C)(C=O)c1cn(C)cn1. The van der Waals surface area contributed by atoms with Gasteiger partial charge in [-0.25, -0.2) is 9.78 Å². The highest BCUT2D eigenvalue weighted by molar-refractivity contribution is 5.77. The smallest absolute Gasteiger partial charge is 0.411 e. The minimum atomic E-state index is -1.15. The highest BCUT2D eigenvalue weighted by Crippen LogP contribution is 2.25. The molecule has 0 aliphatic heterocycles. The van der Waals surface area contributed by atoms with E-state index in [0.29, 0.717) is 12.0 Å². The number of carbonyl (C=O) groups is 2. The predicted octanol–water partition coefficient (Wildman–Crippen LogP) is 1.70. The molecule has 0 fully saturated rings. The summed E-state index contributed by atoms with van der Waals surface area (Å²) in [6, 6.07) is 0. The summed E-state index contributed by atoms with van der Waals surface area (Å²) in [5, 5.41) is 0. The molecule has 106 valence electrons. The van der Waals surface area contributed by atoms with Crippen LogP contribution in [0.15, 0.2) is 12.5 Å². The van der Waals surface area contributed by atoms with Gasteiger partial charge < -0.3 is 14.1 Å². The number of aryl methyl sites for hydroxylation is 1. The lowest BCUT2D eigenvalue weighted by molar-refractivity contribution is -0.117. The molecule has 0 N–H and O–H groups in total. The highest BCUT2D eigenvalue weighted by Gasteiger charge is 2.38. The molecule has 0 aliphatic carbocycles. The third-order valence-corrected chi connectivity index (χ3v) is 2.82. The number of aromatic nitrogens is 2. The molecule has 1 aromatic rings. The molecule has 6 nitrogen and oxygen atoms in total. The van der Waals surface area contributed by atoms with Gasteiger partial charge in [-0.05, 0) is 27.7 Å². The number of hydrogen-bond acceptors (Lipinski definition) is 4. The van der Waals surface area contributed by atoms with Crippen LogP contribution >= 0.6 is 0 Å². The third-order valence-electron chi connectivity index (χ3n) is 2.82. The van der Waals surface area contributed by atoms with E-state index < -0.39 is 17.2 Å². The molecular formula is C13H21N3O3. The van der Waals surface area contributed by atoms with E-state index in [4.69, 9.17) is 4.74 Å². The van der Waals surface area contributed by atoms with Gasteiger partial charge >= 0.3 is 6.09 Å². The molecule has 1 unspecified atom stereocenters. The van der Waals surface area contributed by atoms with E-state index in [1.165, 1.54) is 11.9 Å². The second kappa shape index (κ2) is 5.03. The molecule has 1 aromatic heterocycles. The number of hydrogen-bond donors (Lipinski definition) is 0. The van der Waals surface area contributed by atoms with E-state index in [-0.39, 0.29) is 0 Å². The van der Waals surface area contributed by atoms with Crippen molar-refractivity contribution < 1.29 is 14.3 Å². The zero-order valence-electron chi connectivity index (χ0n) is 12.3. The van der Waals surface area contributed by atoms with Gasteiger partial charge in [0.1, 0.15) is 11.1 Å². The molecule has 1 amide bonds. The van der Waals surface area contributed by atoms with Gasteiger partial charge in [-0.3, -0.25) is 4.90 Å². The fraction of sp³-hybridized carbons (Fsp3) is 0.615. The first-order valence-electron chi connectivity index (χ1n) is 6.02. The van der Waals surface area contributed by atoms with Gasteiger partial charge in [-0.2, -0.15) is 0 Å². The number of nitrogens with zero attached hydrogens (tertiary/aromatic N) is 3. The largest absolute Gasteiger partial charge is 0.444 e. The van der Waals surface area contributed by atoms with Crippen LogP contribution in [0.5, 0.6) is 0 Å². The Kier molecular flexibility index (Phi) is 4.03. The third kappa shape index (κ3) is 3.33. The lowest BCUT2D eigenvalue weighted by Gasteiger charge is -2.34. The van der Waals surface area contributed by atoms with Crippen molar-refractivity contribution in [3.63, 3.8) is 0 Å². The summed E-state index contributed by atoms with van der Waals surface area (Å²) in [5.41, 5.74) is -1.26. The lowest BCUT2D eigenvalue weighted by Crippen LogP contribution is -2.48. The van der Waals surface area contributed by atoms with Gasteiger partial charge in [0.25, 0.3) is 0 Å². The molecule has 0 saturated carbocycles. The maximum absolute atomic E-state index is 12.1. The summed E-state index contributed by atoms with van der Waals surface area (Å²) < 4.78 is 6.99. The standard InChI is InChI=1S/C13H21N3O3/c1-12(2,3)19-11(18)16(6)13(4,8-17)10-7-15(5)9-14-10/h7-9H,1-6H3. The molecule has 6 heteroatoms. The minimum Gasteiger partial charge on any atom is -0.444 e. The van der Waals surface area contributed by atoms with Gasteiger partial charge in [0.05, 0.1) is 12.0 Å². The quantitative estimate of drug-likeness (QED) is 0.782. The summed E-state index contributed by atoms with van der Waals surface area (Å²) in [4.78, 5) is 28.9. The molecule has 0 bridgehead atoms. The molecule has 1 atom stereocenters. The zero-order valence-corrected chi connectivity index (χ0v) is 12.3. The maximum atomic E-state index is 12.1. The molecule has 0 aromatic carbocycles. The Balaban J connectivity index is 3.02. The normalized spacial score (nSPS) is 14.6. The van der Waals surface area contributed by atoms with E-state index in [1.807, 2.05) is 0 Å². The Hall–Kier alpha value is -1.85. The fourth-order valence-corrected chi connectivity index (χ4v) is 1.51. The van der Waals surface area contributed by atoms with Gasteiger partial charge in [-0.15, -0.1) is 0 Å². The van der Waals surface area contributed by atoms with Crippen LogP contribution in [0.4, 0.5) is 4.79 Å². The molecule has 0 radical (unpaired) electrons. The lowest BCUT2D eigenvalue weighted by atomic mass is 9.99. The number of aldehydes is 1. The number of rotatable bonds is 3. The van der Waals surface area contributed by atoms with Crippen LogP contribution in [0, 0.1) is 0 Å². The predicted molar refractivity (Wildman–Crippen MR) is 70.6 cm³/mol. The molecule has 0 saturated heterocycles. The average Bonchev–Trinajstić information content (AvgIpc) is 2.72. The zero-order chi connectivity index (χ0) is 14.8. The van der Waals surface area contributed by atoms with Crippen molar-refractivity contribution in [3.05, 3.63) is 18.2 Å². The summed E-state index contributed by atoms with van der Waals surface area (Å²) >= 11 is 0. The molecule has 0 spiro atoms. The first-order chi connectivity index (χ1) is 8.60. The van der Waals surface area contributed by atoms with Crippen molar-refractivity contribution in [1.29, 1.82) is 0 Å². The van der Waals surface area contributed by atoms with Gasteiger partial charge in [0.2, 0.25) is 0 Å². The average molecular weight is 267 g/mol. The Morgan fingerprint density at radius 1 is 1.42 bits per heavy atom. The first kappa shape index (κ1) is 15.2. The van der Waals surface area contributed by atoms with Crippen LogP contribution in [0.3, 0.4) is 0 Å². The summed E-state index contributed by atoms with van der Waals surface area (Å²) in [7, 11) is 3.33. The van der Waals surface area contributed by atoms with Gasteiger partial charge in [0.15, 0.2) is 6.29 Å². The first-order valence-corrected chi connectivity index (χ1v) is 6.02. The Bertz CT molecular complexity index is 476. The van der Waals surface area contributed by atoms with E-state index in [2.05, 4.69) is 4.98 Å². The Morgan fingerprint density at radius 2 is 2.00 bits per heavy atom. The topological polar surface area (TPSA) is 64.4 Å². The second-order valence-electron chi connectivity index (χ2n) is 5.73. The summed E-state index contributed by atoms with van der Waals surface area (Å²) in [5.74, 6) is 0. The maximum Gasteiger partial charge on any atom is 0.411 e. The van der Waals surface area contributed by atoms with Crippen LogP contribution < -0.4 is 0 Å². The van der Waals surface area contributed by atoms with E-state index in [0.717, 1.165) is 0 Å². The van der Waals surface area contributed by atoms with Gasteiger partial charge in [-0.1, -0.05) is 0 Å². The number of amides is 1. The molecule has 19 heavy (non-hydrogen) atoms. The monoisotopic (exact) mass is 267 g/mol. The molecule has 0 aliphatic rings. The van der Waals surface area contributed by atoms with Crippen molar-refractivity contribution in [2.24, 2.45) is 7.05 Å². The van der Waals surface area contributed by atoms with Crippen molar-refractivity contribution >= 4 is 12.4 Å². The van der Waals surface area contributed by atoms with Crippen molar-refractivity contribution in [1.82, 2.24) is 14.5 Å². The van der Waals surface area contributed by atoms with Crippen LogP contribution in [0.2, 0.25) is 0 Å². The van der Waals surface area contributed by atoms with E-state index in [9.17, 15) is 9.59 Å². The van der Waals surface area contributed by atoms with Crippen molar-refractivity contribution in [3.8, 4) is 0 Å². The summed E-state index contributed by atoms with van der Waals surface area (Å²) in [6.07, 6.45) is 3.42. The molecule has 1 rings (SSSR count). The number of ether oxygens (including phenoxy) is 1. The molecular weight excluding hydrogens is 246 g/mol. The van der Waals surface area contributed by atoms with Gasteiger partial charge in [0, 0.05) is 20.3 Å². The fourth-order valence-electron chi connectivity index (χ4n) is 1.51. The Morgan fingerprint density at radius 3 is 2.37 bits per heavy atom. The number of carbonyl (C=O) groups excluding carboxylic acids is 2. The van der Waals surface area contributed by atoms with Crippen LogP contribution in [0.25, 0.3) is 0 Å². The summed E-state index contributed by atoms with van der Waals surface area (Å²) in [6.45, 7) is 6.96. The number of imidazole rings is 1. The Labute approximate surface area is 113 Å². The minimum absolute atomic E-state index is 0.498. The van der Waals surface area contributed by atoms with Crippen molar-refractivity contribution in [2.45, 2.75) is 38.8 Å². The molecule has 1 heterocycles. The number of likely N-dealkylation sites (N-methyl/N-ethyl adjacent to an activating group) is 1. The van der Waals surface area contributed by atoms with Crippen molar-refractivity contribution in [2.75, 3.05) is 7.05 Å². The van der Waals surface area contributed by atoms with Crippen LogP contribution in [-0.4, -0.2) is 39.5 Å². The van der Waals surface area contributed by atoms with E-state index >= 15 is 0 Å². The van der Waals surface area contributed by atoms with Crippen LogP contribution in [-0.2, 0) is 22.1 Å². The second-order valence-corrected chi connectivity index (χ2v) is 5.73.